The van der Waals surface area contributed by atoms with E-state index in [9.17, 15) is 29.8 Å². The lowest BCUT2D eigenvalue weighted by Gasteiger charge is -2.47. The first-order chi connectivity index (χ1) is 26.2. The van der Waals surface area contributed by atoms with Crippen LogP contribution in [0.25, 0.3) is 12.2 Å². The molecule has 0 radical (unpaired) electrons. The molecule has 55 heavy (non-hydrogen) atoms. The molecule has 2 atom stereocenters. The lowest BCUT2D eigenvalue weighted by molar-refractivity contribution is -0.385. The molecule has 4 aliphatic rings. The van der Waals surface area contributed by atoms with E-state index in [1.165, 1.54) is 24.3 Å². The highest BCUT2D eigenvalue weighted by Crippen LogP contribution is 2.56. The van der Waals surface area contributed by atoms with Gasteiger partial charge in [0.1, 0.15) is 11.5 Å². The summed E-state index contributed by atoms with van der Waals surface area (Å²) in [7, 11) is 0. The Balaban J connectivity index is 0.991. The average Bonchev–Trinajstić information content (AvgIpc) is 3.45. The molecule has 0 saturated carbocycles. The van der Waals surface area contributed by atoms with Gasteiger partial charge in [-0.2, -0.15) is 0 Å². The number of anilines is 2. The molecular formula is C42H38N4O9. The van der Waals surface area contributed by atoms with E-state index in [4.69, 9.17) is 14.2 Å². The van der Waals surface area contributed by atoms with Crippen molar-refractivity contribution in [2.24, 2.45) is 0 Å². The average molecular weight is 743 g/mol. The van der Waals surface area contributed by atoms with Crippen molar-refractivity contribution in [3.8, 4) is 11.5 Å². The number of hydrogen-bond donors (Lipinski definition) is 0. The van der Waals surface area contributed by atoms with E-state index in [0.717, 1.165) is 22.5 Å². The molecule has 2 spiro atoms. The Morgan fingerprint density at radius 2 is 1.04 bits per heavy atom. The molecule has 4 aromatic carbocycles. The molecule has 0 amide bonds. The van der Waals surface area contributed by atoms with Crippen LogP contribution in [0.4, 0.5) is 22.7 Å². The van der Waals surface area contributed by atoms with Gasteiger partial charge in [-0.3, -0.25) is 29.8 Å². The van der Waals surface area contributed by atoms with Crippen molar-refractivity contribution in [2.45, 2.75) is 62.8 Å². The largest absolute Gasteiger partial charge is 0.463 e. The van der Waals surface area contributed by atoms with Crippen molar-refractivity contribution in [3.63, 3.8) is 0 Å². The molecule has 13 heteroatoms. The zero-order valence-corrected chi connectivity index (χ0v) is 30.7. The fraction of sp³-hybridized carbons (Fsp3) is 0.286. The van der Waals surface area contributed by atoms with Crippen molar-refractivity contribution >= 4 is 46.8 Å². The molecule has 280 valence electrons. The fourth-order valence-electron chi connectivity index (χ4n) is 8.62. The number of non-ortho nitro benzene ring substituents is 2. The fourth-order valence-corrected chi connectivity index (χ4v) is 8.62. The number of fused-ring (bicyclic) bond motifs is 4. The van der Waals surface area contributed by atoms with Crippen LogP contribution in [0.3, 0.4) is 0 Å². The lowest BCUT2D eigenvalue weighted by atomic mass is 9.76. The minimum absolute atomic E-state index is 0.0460. The number of hydrogen-bond acceptors (Lipinski definition) is 11. The number of carbonyl (C=O) groups excluding carboxylic acids is 2. The third-order valence-electron chi connectivity index (χ3n) is 11.6. The molecule has 0 N–H and O–H groups in total. The summed E-state index contributed by atoms with van der Waals surface area (Å²) in [4.78, 5) is 52.7. The summed E-state index contributed by atoms with van der Waals surface area (Å²) in [6, 6.07) is 24.6. The van der Waals surface area contributed by atoms with E-state index in [-0.39, 0.29) is 37.3 Å². The van der Waals surface area contributed by atoms with Gasteiger partial charge in [0.05, 0.1) is 33.5 Å². The van der Waals surface area contributed by atoms with Gasteiger partial charge in [0.15, 0.2) is 0 Å². The zero-order valence-electron chi connectivity index (χ0n) is 30.7. The maximum Gasteiger partial charge on any atom is 0.315 e. The first-order valence-electron chi connectivity index (χ1n) is 18.0. The van der Waals surface area contributed by atoms with Crippen LogP contribution in [0.1, 0.15) is 62.8 Å². The number of benzene rings is 4. The summed E-state index contributed by atoms with van der Waals surface area (Å²) in [5.74, 6) is -0.441. The van der Waals surface area contributed by atoms with E-state index in [1.54, 1.807) is 12.1 Å². The Morgan fingerprint density at radius 1 is 0.636 bits per heavy atom. The number of nitro groups is 2. The highest BCUT2D eigenvalue weighted by Gasteiger charge is 2.60. The maximum atomic E-state index is 13.4. The number of rotatable bonds is 8. The van der Waals surface area contributed by atoms with Gasteiger partial charge >= 0.3 is 11.9 Å². The molecule has 0 saturated heterocycles. The first-order valence-corrected chi connectivity index (χ1v) is 18.0. The first kappa shape index (κ1) is 35.5. The molecule has 8 rings (SSSR count). The smallest absolute Gasteiger partial charge is 0.315 e. The van der Waals surface area contributed by atoms with Crippen molar-refractivity contribution in [1.82, 2.24) is 0 Å². The number of esters is 2. The van der Waals surface area contributed by atoms with Gasteiger partial charge in [-0.15, -0.1) is 0 Å². The van der Waals surface area contributed by atoms with Crippen LogP contribution in [-0.2, 0) is 25.2 Å². The standard InChI is InChI=1S/C42H38N4O9/c1-39(2)31-9-5-7-11-33(31)43(41(39)21-17-27-25-29(45(49)50)13-15-35(27)54-41)23-19-37(47)53-38(48)20-24-44-34-12-8-6-10-32(34)40(3,4)42(44)22-18-28-26-30(46(51)52)14-16-36(28)55-42/h5-18,21-22,25-26H,19-20,23-24H2,1-4H3. The van der Waals surface area contributed by atoms with Crippen molar-refractivity contribution in [2.75, 3.05) is 22.9 Å². The second-order valence-corrected chi connectivity index (χ2v) is 15.2. The minimum Gasteiger partial charge on any atom is -0.463 e. The highest BCUT2D eigenvalue weighted by molar-refractivity contribution is 5.86. The van der Waals surface area contributed by atoms with E-state index in [1.807, 2.05) is 110 Å². The van der Waals surface area contributed by atoms with Crippen molar-refractivity contribution in [3.05, 3.63) is 140 Å². The normalized spacial score (nSPS) is 21.6. The second-order valence-electron chi connectivity index (χ2n) is 15.2. The van der Waals surface area contributed by atoms with Gasteiger partial charge in [-0.1, -0.05) is 36.4 Å². The van der Waals surface area contributed by atoms with Crippen LogP contribution in [0.15, 0.2) is 97.1 Å². The van der Waals surface area contributed by atoms with Gasteiger partial charge in [0.25, 0.3) is 11.4 Å². The Bertz CT molecular complexity index is 2210. The van der Waals surface area contributed by atoms with Gasteiger partial charge in [-0.25, -0.2) is 0 Å². The van der Waals surface area contributed by atoms with Crippen LogP contribution < -0.4 is 19.3 Å². The Kier molecular flexibility index (Phi) is 8.10. The quantitative estimate of drug-likeness (QED) is 0.0750. The molecule has 0 bridgehead atoms. The van der Waals surface area contributed by atoms with E-state index in [2.05, 4.69) is 0 Å². The van der Waals surface area contributed by atoms with Crippen LogP contribution in [0.5, 0.6) is 11.5 Å². The number of carbonyl (C=O) groups is 2. The molecule has 13 nitrogen and oxygen atoms in total. The van der Waals surface area contributed by atoms with Crippen molar-refractivity contribution in [1.29, 1.82) is 0 Å². The van der Waals surface area contributed by atoms with Crippen molar-refractivity contribution < 1.29 is 33.6 Å². The highest BCUT2D eigenvalue weighted by atomic mass is 16.6. The van der Waals surface area contributed by atoms with Crippen LogP contribution in [-0.4, -0.2) is 46.3 Å². The molecule has 0 aromatic heterocycles. The summed E-state index contributed by atoms with van der Waals surface area (Å²) in [5, 5.41) is 22.8. The van der Waals surface area contributed by atoms with E-state index in [0.29, 0.717) is 22.6 Å². The summed E-state index contributed by atoms with van der Waals surface area (Å²) in [6.07, 6.45) is 7.13. The monoisotopic (exact) mass is 742 g/mol. The molecule has 4 aromatic rings. The maximum absolute atomic E-state index is 13.4. The molecule has 4 heterocycles. The molecular weight excluding hydrogens is 704 g/mol. The van der Waals surface area contributed by atoms with Gasteiger partial charge in [0.2, 0.25) is 11.4 Å². The third kappa shape index (κ3) is 5.36. The Hall–Kier alpha value is -6.50. The minimum atomic E-state index is -1.08. The molecule has 4 aliphatic heterocycles. The van der Waals surface area contributed by atoms with Crippen LogP contribution in [0.2, 0.25) is 0 Å². The van der Waals surface area contributed by atoms with E-state index >= 15 is 0 Å². The summed E-state index contributed by atoms with van der Waals surface area (Å²) >= 11 is 0. The topological polar surface area (TPSA) is 155 Å². The number of nitro benzene ring substituents is 2. The predicted octanol–water partition coefficient (Wildman–Crippen LogP) is 7.85. The van der Waals surface area contributed by atoms with Gasteiger partial charge in [0, 0.05) is 59.9 Å². The van der Waals surface area contributed by atoms with Crippen LogP contribution in [0, 0.1) is 20.2 Å². The summed E-state index contributed by atoms with van der Waals surface area (Å²) < 4.78 is 18.8. The summed E-state index contributed by atoms with van der Waals surface area (Å²) in [5.41, 5.74) is 1.39. The Morgan fingerprint density at radius 3 is 1.44 bits per heavy atom. The Labute approximate surface area is 316 Å². The number of para-hydroxylation sites is 2. The summed E-state index contributed by atoms with van der Waals surface area (Å²) in [6.45, 7) is 8.51. The second kappa shape index (κ2) is 12.5. The van der Waals surface area contributed by atoms with E-state index < -0.39 is 44.1 Å². The predicted molar refractivity (Wildman–Crippen MR) is 205 cm³/mol. The number of nitrogens with zero attached hydrogens (tertiary/aromatic N) is 4. The zero-order chi connectivity index (χ0) is 38.9. The van der Waals surface area contributed by atoms with Gasteiger partial charge < -0.3 is 24.0 Å². The lowest BCUT2D eigenvalue weighted by Crippen LogP contribution is -2.60. The molecule has 0 aliphatic carbocycles. The van der Waals surface area contributed by atoms with Gasteiger partial charge in [-0.05, 0) is 87.4 Å². The molecule has 2 unspecified atom stereocenters. The number of ether oxygens (including phenoxy) is 3. The molecule has 0 fully saturated rings. The third-order valence-corrected chi connectivity index (χ3v) is 11.6. The SMILES string of the molecule is CC1(C)c2ccccc2N(CCC(=O)OC(=O)CCN2c3ccccc3C(C)(C)C23C=Cc2cc([N+](=O)[O-])ccc2O3)C12C=Cc1cc([N+](=O)[O-])ccc1O2. The van der Waals surface area contributed by atoms with Crippen LogP contribution >= 0.6 is 0 Å².